The molecule has 0 atom stereocenters. The molecule has 6 heteroatoms. The predicted octanol–water partition coefficient (Wildman–Crippen LogP) is 3.29. The van der Waals surface area contributed by atoms with Crippen LogP contribution in [0.4, 0.5) is 18.9 Å². The number of anilines is 1. The van der Waals surface area contributed by atoms with Crippen LogP contribution in [0.5, 0.6) is 0 Å². The highest BCUT2D eigenvalue weighted by Gasteiger charge is 2.34. The fraction of sp³-hybridized carbons (Fsp3) is 0.0833. The summed E-state index contributed by atoms with van der Waals surface area (Å²) in [7, 11) is 0. The largest absolute Gasteiger partial charge is 0.417 e. The van der Waals surface area contributed by atoms with E-state index in [-0.39, 0.29) is 0 Å². The molecule has 0 spiro atoms. The Morgan fingerprint density at radius 1 is 1.17 bits per heavy atom. The second kappa shape index (κ2) is 4.56. The van der Waals surface area contributed by atoms with Gasteiger partial charge in [0.05, 0.1) is 16.8 Å². The average Bonchev–Trinajstić information content (AvgIpc) is 2.80. The van der Waals surface area contributed by atoms with E-state index in [4.69, 9.17) is 0 Å². The van der Waals surface area contributed by atoms with Crippen molar-refractivity contribution in [1.82, 2.24) is 4.98 Å². The van der Waals surface area contributed by atoms with E-state index >= 15 is 0 Å². The van der Waals surface area contributed by atoms with Gasteiger partial charge >= 0.3 is 6.18 Å². The summed E-state index contributed by atoms with van der Waals surface area (Å²) in [5, 5.41) is 2.38. The topological polar surface area (TPSA) is 44.9 Å². The van der Waals surface area contributed by atoms with Crippen LogP contribution >= 0.6 is 0 Å². The van der Waals surface area contributed by atoms with E-state index in [1.807, 2.05) is 0 Å². The van der Waals surface area contributed by atoms with Gasteiger partial charge in [-0.1, -0.05) is 12.1 Å². The van der Waals surface area contributed by atoms with Crippen LogP contribution in [0.3, 0.4) is 0 Å². The van der Waals surface area contributed by atoms with Gasteiger partial charge in [-0.2, -0.15) is 13.2 Å². The highest BCUT2D eigenvalue weighted by Crippen LogP contribution is 2.32. The number of H-pyrrole nitrogens is 1. The van der Waals surface area contributed by atoms with Crippen molar-refractivity contribution in [3.63, 3.8) is 0 Å². The molecule has 0 saturated heterocycles. The van der Waals surface area contributed by atoms with Crippen molar-refractivity contribution >= 4 is 11.6 Å². The Labute approximate surface area is 101 Å². The van der Waals surface area contributed by atoms with Crippen LogP contribution in [0.25, 0.3) is 0 Å². The molecule has 0 fully saturated rings. The van der Waals surface area contributed by atoms with E-state index in [1.54, 1.807) is 12.3 Å². The fourth-order valence-corrected chi connectivity index (χ4v) is 1.53. The van der Waals surface area contributed by atoms with Crippen LogP contribution < -0.4 is 5.32 Å². The van der Waals surface area contributed by atoms with Crippen LogP contribution in [0.15, 0.2) is 42.7 Å². The first-order valence-electron chi connectivity index (χ1n) is 5.09. The summed E-state index contributed by atoms with van der Waals surface area (Å²) in [6.07, 6.45) is -1.51. The molecule has 18 heavy (non-hydrogen) atoms. The van der Waals surface area contributed by atoms with Gasteiger partial charge in [0.1, 0.15) is 0 Å². The third-order valence-electron chi connectivity index (χ3n) is 2.33. The van der Waals surface area contributed by atoms with Crippen molar-refractivity contribution in [3.05, 3.63) is 53.9 Å². The second-order valence-corrected chi connectivity index (χ2v) is 3.60. The Bertz CT molecular complexity index is 547. The van der Waals surface area contributed by atoms with Crippen LogP contribution in [0.2, 0.25) is 0 Å². The molecule has 1 heterocycles. The lowest BCUT2D eigenvalue weighted by molar-refractivity contribution is -0.137. The lowest BCUT2D eigenvalue weighted by atomic mass is 10.1. The maximum Gasteiger partial charge on any atom is 0.417 e. The molecule has 2 aromatic rings. The summed E-state index contributed by atoms with van der Waals surface area (Å²) in [6.45, 7) is 0. The van der Waals surface area contributed by atoms with Crippen molar-refractivity contribution < 1.29 is 18.0 Å². The monoisotopic (exact) mass is 254 g/mol. The minimum Gasteiger partial charge on any atom is -0.366 e. The molecule has 0 aliphatic heterocycles. The zero-order chi connectivity index (χ0) is 13.2. The molecule has 0 saturated carbocycles. The number of aromatic nitrogens is 1. The number of carbonyl (C=O) groups is 1. The molecule has 0 unspecified atom stereocenters. The van der Waals surface area contributed by atoms with Crippen molar-refractivity contribution in [2.45, 2.75) is 6.18 Å². The Hall–Kier alpha value is -2.24. The number of halogens is 3. The van der Waals surface area contributed by atoms with Crippen molar-refractivity contribution in [1.29, 1.82) is 0 Å². The summed E-state index contributed by atoms with van der Waals surface area (Å²) in [5.74, 6) is -0.789. The third-order valence-corrected chi connectivity index (χ3v) is 2.33. The van der Waals surface area contributed by atoms with E-state index < -0.39 is 23.2 Å². The number of rotatable bonds is 2. The van der Waals surface area contributed by atoms with Crippen LogP contribution in [-0.2, 0) is 6.18 Å². The SMILES string of the molecule is O=C(Nc1cc[nH]c1)c1ccccc1C(F)(F)F. The van der Waals surface area contributed by atoms with Crippen LogP contribution in [0, 0.1) is 0 Å². The Morgan fingerprint density at radius 2 is 1.89 bits per heavy atom. The lowest BCUT2D eigenvalue weighted by Crippen LogP contribution is -2.18. The molecule has 1 aromatic carbocycles. The first-order valence-corrected chi connectivity index (χ1v) is 5.09. The Balaban J connectivity index is 2.31. The maximum absolute atomic E-state index is 12.7. The van der Waals surface area contributed by atoms with Crippen LogP contribution in [-0.4, -0.2) is 10.9 Å². The summed E-state index contributed by atoms with van der Waals surface area (Å²) in [4.78, 5) is 14.4. The molecular weight excluding hydrogens is 245 g/mol. The number of hydrogen-bond acceptors (Lipinski definition) is 1. The zero-order valence-corrected chi connectivity index (χ0v) is 9.08. The minimum absolute atomic E-state index is 0.397. The van der Waals surface area contributed by atoms with Crippen molar-refractivity contribution in [2.24, 2.45) is 0 Å². The highest BCUT2D eigenvalue weighted by molar-refractivity contribution is 6.05. The van der Waals surface area contributed by atoms with Gasteiger partial charge in [-0.3, -0.25) is 4.79 Å². The molecule has 0 aliphatic rings. The van der Waals surface area contributed by atoms with Gasteiger partial charge in [-0.05, 0) is 18.2 Å². The second-order valence-electron chi connectivity index (χ2n) is 3.60. The maximum atomic E-state index is 12.7. The molecule has 2 rings (SSSR count). The summed E-state index contributed by atoms with van der Waals surface area (Å²) in [5.41, 5.74) is -0.929. The number of aromatic amines is 1. The molecule has 0 radical (unpaired) electrons. The number of carbonyl (C=O) groups excluding carboxylic acids is 1. The average molecular weight is 254 g/mol. The molecule has 1 amide bonds. The summed E-state index contributed by atoms with van der Waals surface area (Å²) < 4.78 is 38.1. The first kappa shape index (κ1) is 12.2. The number of alkyl halides is 3. The van der Waals surface area contributed by atoms with Gasteiger partial charge in [-0.15, -0.1) is 0 Å². The summed E-state index contributed by atoms with van der Waals surface area (Å²) in [6, 6.07) is 6.21. The fourth-order valence-electron chi connectivity index (χ4n) is 1.53. The van der Waals surface area contributed by atoms with Crippen LogP contribution in [0.1, 0.15) is 15.9 Å². The van der Waals surface area contributed by atoms with Gasteiger partial charge < -0.3 is 10.3 Å². The number of hydrogen-bond donors (Lipinski definition) is 2. The van der Waals surface area contributed by atoms with Gasteiger partial charge in [0.2, 0.25) is 0 Å². The number of amides is 1. The third kappa shape index (κ3) is 2.53. The predicted molar refractivity (Wildman–Crippen MR) is 60.2 cm³/mol. The highest BCUT2D eigenvalue weighted by atomic mass is 19.4. The zero-order valence-electron chi connectivity index (χ0n) is 9.08. The summed E-state index contributed by atoms with van der Waals surface area (Å²) >= 11 is 0. The first-order chi connectivity index (χ1) is 8.48. The minimum atomic E-state index is -4.55. The standard InChI is InChI=1S/C12H9F3N2O/c13-12(14,15)10-4-2-1-3-9(10)11(18)17-8-5-6-16-7-8/h1-7,16H,(H,17,18). The molecule has 1 aromatic heterocycles. The lowest BCUT2D eigenvalue weighted by Gasteiger charge is -2.11. The van der Waals surface area contributed by atoms with E-state index in [2.05, 4.69) is 10.3 Å². The van der Waals surface area contributed by atoms with Gasteiger partial charge in [0.25, 0.3) is 5.91 Å². The molecule has 94 valence electrons. The van der Waals surface area contributed by atoms with E-state index in [0.29, 0.717) is 5.69 Å². The normalized spacial score (nSPS) is 11.3. The van der Waals surface area contributed by atoms with Gasteiger partial charge in [-0.25, -0.2) is 0 Å². The Morgan fingerprint density at radius 3 is 2.50 bits per heavy atom. The van der Waals surface area contributed by atoms with Gasteiger partial charge in [0, 0.05) is 12.4 Å². The number of benzene rings is 1. The number of nitrogens with one attached hydrogen (secondary N) is 2. The molecular formula is C12H9F3N2O. The smallest absolute Gasteiger partial charge is 0.366 e. The van der Waals surface area contributed by atoms with Crippen molar-refractivity contribution in [3.8, 4) is 0 Å². The molecule has 0 aliphatic carbocycles. The van der Waals surface area contributed by atoms with E-state index in [9.17, 15) is 18.0 Å². The van der Waals surface area contributed by atoms with E-state index in [1.165, 1.54) is 18.3 Å². The Kier molecular flexibility index (Phi) is 3.10. The van der Waals surface area contributed by atoms with E-state index in [0.717, 1.165) is 12.1 Å². The quantitative estimate of drug-likeness (QED) is 0.848. The molecule has 0 bridgehead atoms. The van der Waals surface area contributed by atoms with Gasteiger partial charge in [0.15, 0.2) is 0 Å². The molecule has 2 N–H and O–H groups in total. The van der Waals surface area contributed by atoms with Crippen molar-refractivity contribution in [2.75, 3.05) is 5.32 Å². The molecule has 3 nitrogen and oxygen atoms in total.